The van der Waals surface area contributed by atoms with Crippen LogP contribution >= 0.6 is 11.6 Å². The molecule has 0 saturated heterocycles. The van der Waals surface area contributed by atoms with Crippen LogP contribution in [0.25, 0.3) is 0 Å². The van der Waals surface area contributed by atoms with Crippen molar-refractivity contribution in [3.8, 4) is 0 Å². The normalized spacial score (nSPS) is 11.9. The Bertz CT molecular complexity index is 536. The highest BCUT2D eigenvalue weighted by atomic mass is 35.5. The standard InChI is InChI=1S/C16H16ClNO/c1-2-15(12-6-4-3-5-7-12)18-16(19)13-8-10-14(17)11-9-13/h3-11,15H,2H2,1H3,(H,18,19)/t15-/m0/s1. The fourth-order valence-electron chi connectivity index (χ4n) is 1.95. The van der Waals surface area contributed by atoms with Crippen LogP contribution < -0.4 is 5.32 Å². The third-order valence-electron chi connectivity index (χ3n) is 3.02. The van der Waals surface area contributed by atoms with E-state index >= 15 is 0 Å². The molecule has 0 aromatic heterocycles. The Morgan fingerprint density at radius 3 is 2.32 bits per heavy atom. The molecule has 0 saturated carbocycles. The number of carbonyl (C=O) groups excluding carboxylic acids is 1. The van der Waals surface area contributed by atoms with Crippen LogP contribution in [-0.4, -0.2) is 5.91 Å². The zero-order valence-corrected chi connectivity index (χ0v) is 11.5. The second kappa shape index (κ2) is 6.39. The van der Waals surface area contributed by atoms with E-state index in [1.165, 1.54) is 0 Å². The second-order valence-electron chi connectivity index (χ2n) is 4.35. The Balaban J connectivity index is 2.10. The maximum Gasteiger partial charge on any atom is 0.251 e. The number of nitrogens with one attached hydrogen (secondary N) is 1. The van der Waals surface area contributed by atoms with E-state index in [0.717, 1.165) is 12.0 Å². The van der Waals surface area contributed by atoms with Crippen LogP contribution in [0, 0.1) is 0 Å². The van der Waals surface area contributed by atoms with Gasteiger partial charge in [0.1, 0.15) is 0 Å². The Morgan fingerprint density at radius 1 is 1.11 bits per heavy atom. The fraction of sp³-hybridized carbons (Fsp3) is 0.188. The highest BCUT2D eigenvalue weighted by molar-refractivity contribution is 6.30. The van der Waals surface area contributed by atoms with Gasteiger partial charge in [0.25, 0.3) is 5.91 Å². The lowest BCUT2D eigenvalue weighted by atomic mass is 10.0. The molecule has 1 atom stereocenters. The van der Waals surface area contributed by atoms with Crippen molar-refractivity contribution in [3.05, 3.63) is 70.7 Å². The van der Waals surface area contributed by atoms with E-state index in [9.17, 15) is 4.79 Å². The predicted molar refractivity (Wildman–Crippen MR) is 78.4 cm³/mol. The van der Waals surface area contributed by atoms with Crippen molar-refractivity contribution in [2.75, 3.05) is 0 Å². The molecule has 2 nitrogen and oxygen atoms in total. The Kier molecular flexibility index (Phi) is 4.58. The van der Waals surface area contributed by atoms with Gasteiger partial charge >= 0.3 is 0 Å². The summed E-state index contributed by atoms with van der Waals surface area (Å²) in [5, 5.41) is 3.67. The molecule has 2 aromatic rings. The van der Waals surface area contributed by atoms with Gasteiger partial charge in [-0.05, 0) is 36.2 Å². The number of hydrogen-bond donors (Lipinski definition) is 1. The molecule has 1 amide bonds. The van der Waals surface area contributed by atoms with E-state index in [1.54, 1.807) is 24.3 Å². The predicted octanol–water partition coefficient (Wildman–Crippen LogP) is 4.22. The minimum Gasteiger partial charge on any atom is -0.345 e. The first-order chi connectivity index (χ1) is 9.20. The molecule has 0 fully saturated rings. The van der Waals surface area contributed by atoms with Gasteiger partial charge in [-0.2, -0.15) is 0 Å². The van der Waals surface area contributed by atoms with Gasteiger partial charge in [0.2, 0.25) is 0 Å². The van der Waals surface area contributed by atoms with E-state index < -0.39 is 0 Å². The summed E-state index contributed by atoms with van der Waals surface area (Å²) in [7, 11) is 0. The first-order valence-electron chi connectivity index (χ1n) is 6.32. The molecule has 0 heterocycles. The highest BCUT2D eigenvalue weighted by Gasteiger charge is 2.13. The summed E-state index contributed by atoms with van der Waals surface area (Å²) in [5.41, 5.74) is 1.74. The molecular weight excluding hydrogens is 258 g/mol. The number of halogens is 1. The average Bonchev–Trinajstić information content (AvgIpc) is 2.46. The minimum atomic E-state index is -0.0765. The molecule has 0 aliphatic heterocycles. The van der Waals surface area contributed by atoms with Crippen molar-refractivity contribution >= 4 is 17.5 Å². The molecule has 2 aromatic carbocycles. The first kappa shape index (κ1) is 13.6. The summed E-state index contributed by atoms with van der Waals surface area (Å²) in [5.74, 6) is -0.0765. The smallest absolute Gasteiger partial charge is 0.251 e. The van der Waals surface area contributed by atoms with E-state index in [4.69, 9.17) is 11.6 Å². The van der Waals surface area contributed by atoms with Crippen LogP contribution in [0.4, 0.5) is 0 Å². The van der Waals surface area contributed by atoms with Gasteiger partial charge in [-0.1, -0.05) is 48.9 Å². The van der Waals surface area contributed by atoms with Gasteiger partial charge in [-0.3, -0.25) is 4.79 Å². The number of benzene rings is 2. The van der Waals surface area contributed by atoms with Crippen molar-refractivity contribution in [2.45, 2.75) is 19.4 Å². The molecule has 0 aliphatic rings. The maximum atomic E-state index is 12.1. The zero-order chi connectivity index (χ0) is 13.7. The molecule has 98 valence electrons. The summed E-state index contributed by atoms with van der Waals surface area (Å²) in [4.78, 5) is 12.1. The first-order valence-corrected chi connectivity index (χ1v) is 6.70. The summed E-state index contributed by atoms with van der Waals surface area (Å²) in [6, 6.07) is 16.9. The largest absolute Gasteiger partial charge is 0.345 e. The molecule has 0 unspecified atom stereocenters. The third-order valence-corrected chi connectivity index (χ3v) is 3.27. The Labute approximate surface area is 118 Å². The number of carbonyl (C=O) groups is 1. The van der Waals surface area contributed by atoms with Gasteiger partial charge in [0.05, 0.1) is 6.04 Å². The zero-order valence-electron chi connectivity index (χ0n) is 10.8. The van der Waals surface area contributed by atoms with Crippen molar-refractivity contribution in [2.24, 2.45) is 0 Å². The van der Waals surface area contributed by atoms with Crippen molar-refractivity contribution in [1.82, 2.24) is 5.32 Å². The number of amides is 1. The maximum absolute atomic E-state index is 12.1. The van der Waals surface area contributed by atoms with Crippen molar-refractivity contribution in [3.63, 3.8) is 0 Å². The summed E-state index contributed by atoms with van der Waals surface area (Å²) >= 11 is 5.81. The molecular formula is C16H16ClNO. The highest BCUT2D eigenvalue weighted by Crippen LogP contribution is 2.17. The fourth-order valence-corrected chi connectivity index (χ4v) is 2.08. The number of rotatable bonds is 4. The van der Waals surface area contributed by atoms with Gasteiger partial charge in [0, 0.05) is 10.6 Å². The Morgan fingerprint density at radius 2 is 1.74 bits per heavy atom. The van der Waals surface area contributed by atoms with E-state index in [0.29, 0.717) is 10.6 Å². The van der Waals surface area contributed by atoms with Gasteiger partial charge in [-0.15, -0.1) is 0 Å². The second-order valence-corrected chi connectivity index (χ2v) is 4.79. The van der Waals surface area contributed by atoms with Gasteiger partial charge in [0.15, 0.2) is 0 Å². The summed E-state index contributed by atoms with van der Waals surface area (Å²) in [6.45, 7) is 2.06. The van der Waals surface area contributed by atoms with Gasteiger partial charge in [-0.25, -0.2) is 0 Å². The monoisotopic (exact) mass is 273 g/mol. The molecule has 3 heteroatoms. The van der Waals surface area contributed by atoms with Crippen LogP contribution in [0.1, 0.15) is 35.3 Å². The lowest BCUT2D eigenvalue weighted by molar-refractivity contribution is 0.0935. The van der Waals surface area contributed by atoms with Crippen LogP contribution in [-0.2, 0) is 0 Å². The minimum absolute atomic E-state index is 0.0318. The lowest BCUT2D eigenvalue weighted by Crippen LogP contribution is -2.28. The van der Waals surface area contributed by atoms with Crippen molar-refractivity contribution in [1.29, 1.82) is 0 Å². The van der Waals surface area contributed by atoms with E-state index in [2.05, 4.69) is 12.2 Å². The van der Waals surface area contributed by atoms with E-state index in [-0.39, 0.29) is 11.9 Å². The third kappa shape index (κ3) is 3.58. The summed E-state index contributed by atoms with van der Waals surface area (Å²) < 4.78 is 0. The molecule has 2 rings (SSSR count). The lowest BCUT2D eigenvalue weighted by Gasteiger charge is -2.17. The van der Waals surface area contributed by atoms with Crippen LogP contribution in [0.15, 0.2) is 54.6 Å². The molecule has 0 bridgehead atoms. The Hall–Kier alpha value is -1.80. The quantitative estimate of drug-likeness (QED) is 0.888. The average molecular weight is 274 g/mol. The molecule has 1 N–H and O–H groups in total. The summed E-state index contributed by atoms with van der Waals surface area (Å²) in [6.07, 6.45) is 0.851. The van der Waals surface area contributed by atoms with E-state index in [1.807, 2.05) is 30.3 Å². The van der Waals surface area contributed by atoms with Gasteiger partial charge < -0.3 is 5.32 Å². The molecule has 0 spiro atoms. The number of hydrogen-bond acceptors (Lipinski definition) is 1. The van der Waals surface area contributed by atoms with Crippen LogP contribution in [0.5, 0.6) is 0 Å². The van der Waals surface area contributed by atoms with Crippen LogP contribution in [0.3, 0.4) is 0 Å². The van der Waals surface area contributed by atoms with Crippen LogP contribution in [0.2, 0.25) is 5.02 Å². The SMILES string of the molecule is CC[C@H](NC(=O)c1ccc(Cl)cc1)c1ccccc1. The van der Waals surface area contributed by atoms with Crippen molar-refractivity contribution < 1.29 is 4.79 Å². The topological polar surface area (TPSA) is 29.1 Å². The molecule has 0 aliphatic carbocycles. The molecule has 0 radical (unpaired) electrons. The molecule has 19 heavy (non-hydrogen) atoms.